The third kappa shape index (κ3) is 6.81. The van der Waals surface area contributed by atoms with Crippen LogP contribution in [-0.2, 0) is 19.1 Å². The van der Waals surface area contributed by atoms with E-state index in [0.29, 0.717) is 31.1 Å². The number of amides is 2. The molecule has 1 heterocycles. The number of benzene rings is 1. The van der Waals surface area contributed by atoms with E-state index in [1.165, 1.54) is 6.92 Å². The fourth-order valence-corrected chi connectivity index (χ4v) is 2.82. The van der Waals surface area contributed by atoms with Crippen LogP contribution in [0.4, 0.5) is 11.4 Å². The van der Waals surface area contributed by atoms with Crippen molar-refractivity contribution in [3.05, 3.63) is 24.3 Å². The van der Waals surface area contributed by atoms with E-state index in [1.54, 1.807) is 19.2 Å². The van der Waals surface area contributed by atoms with Gasteiger partial charge < -0.3 is 20.1 Å². The molecule has 2 amide bonds. The summed E-state index contributed by atoms with van der Waals surface area (Å²) in [6.07, 6.45) is 2.08. The van der Waals surface area contributed by atoms with E-state index < -0.39 is 0 Å². The molecule has 1 saturated heterocycles. The summed E-state index contributed by atoms with van der Waals surface area (Å²) in [5.74, 6) is -0.256. The zero-order valence-electron chi connectivity index (χ0n) is 14.9. The Labute approximate surface area is 148 Å². The van der Waals surface area contributed by atoms with E-state index in [4.69, 9.17) is 9.47 Å². The van der Waals surface area contributed by atoms with Crippen LogP contribution in [0.1, 0.15) is 19.8 Å². The van der Waals surface area contributed by atoms with Crippen molar-refractivity contribution in [2.75, 3.05) is 50.6 Å². The van der Waals surface area contributed by atoms with Crippen molar-refractivity contribution in [1.82, 2.24) is 4.90 Å². The molecule has 25 heavy (non-hydrogen) atoms. The number of hydrogen-bond donors (Lipinski definition) is 2. The second-order valence-corrected chi connectivity index (χ2v) is 6.11. The van der Waals surface area contributed by atoms with Crippen molar-refractivity contribution < 1.29 is 19.1 Å². The molecule has 1 aliphatic rings. The number of para-hydroxylation sites is 2. The number of anilines is 2. The number of nitrogens with zero attached hydrogens (tertiary/aromatic N) is 1. The fourth-order valence-electron chi connectivity index (χ4n) is 2.82. The van der Waals surface area contributed by atoms with Gasteiger partial charge >= 0.3 is 0 Å². The molecule has 0 atom stereocenters. The van der Waals surface area contributed by atoms with Gasteiger partial charge in [-0.25, -0.2) is 0 Å². The van der Waals surface area contributed by atoms with Gasteiger partial charge in [0.15, 0.2) is 0 Å². The molecule has 7 heteroatoms. The third-order valence-electron chi connectivity index (χ3n) is 4.05. The fraction of sp³-hybridized carbons (Fsp3) is 0.556. The monoisotopic (exact) mass is 349 g/mol. The summed E-state index contributed by atoms with van der Waals surface area (Å²) in [4.78, 5) is 25.7. The zero-order chi connectivity index (χ0) is 18.1. The SMILES string of the molecule is COCCOC1CCN(CC(=O)Nc2ccccc2NC(C)=O)CC1. The van der Waals surface area contributed by atoms with Crippen molar-refractivity contribution in [3.8, 4) is 0 Å². The van der Waals surface area contributed by atoms with Gasteiger partial charge in [0.2, 0.25) is 11.8 Å². The topological polar surface area (TPSA) is 79.9 Å². The molecule has 0 unspecified atom stereocenters. The summed E-state index contributed by atoms with van der Waals surface area (Å²) in [5, 5.41) is 5.59. The van der Waals surface area contributed by atoms with Crippen LogP contribution in [0.2, 0.25) is 0 Å². The van der Waals surface area contributed by atoms with E-state index in [9.17, 15) is 9.59 Å². The normalized spacial score (nSPS) is 15.8. The Balaban J connectivity index is 1.77. The zero-order valence-corrected chi connectivity index (χ0v) is 14.9. The number of hydrogen-bond acceptors (Lipinski definition) is 5. The van der Waals surface area contributed by atoms with Crippen molar-refractivity contribution >= 4 is 23.2 Å². The average molecular weight is 349 g/mol. The number of methoxy groups -OCH3 is 1. The third-order valence-corrected chi connectivity index (χ3v) is 4.05. The number of likely N-dealkylation sites (tertiary alicyclic amines) is 1. The molecule has 1 aromatic carbocycles. The van der Waals surface area contributed by atoms with Gasteiger partial charge in [0, 0.05) is 27.1 Å². The molecule has 7 nitrogen and oxygen atoms in total. The lowest BCUT2D eigenvalue weighted by molar-refractivity contribution is -0.118. The summed E-state index contributed by atoms with van der Waals surface area (Å²) >= 11 is 0. The Hall–Kier alpha value is -1.96. The molecular weight excluding hydrogens is 322 g/mol. The van der Waals surface area contributed by atoms with Gasteiger partial charge in [-0.1, -0.05) is 12.1 Å². The largest absolute Gasteiger partial charge is 0.382 e. The van der Waals surface area contributed by atoms with Crippen LogP contribution in [0, 0.1) is 0 Å². The Morgan fingerprint density at radius 1 is 1.12 bits per heavy atom. The second kappa shape index (κ2) is 10.1. The number of rotatable bonds is 8. The van der Waals surface area contributed by atoms with Crippen molar-refractivity contribution in [1.29, 1.82) is 0 Å². The predicted molar refractivity (Wildman–Crippen MR) is 96.7 cm³/mol. The smallest absolute Gasteiger partial charge is 0.238 e. The molecule has 0 bridgehead atoms. The summed E-state index contributed by atoms with van der Waals surface area (Å²) in [6, 6.07) is 7.18. The molecule has 0 aliphatic carbocycles. The number of carbonyl (C=O) groups is 2. The highest BCUT2D eigenvalue weighted by Crippen LogP contribution is 2.21. The van der Waals surface area contributed by atoms with E-state index in [1.807, 2.05) is 12.1 Å². The van der Waals surface area contributed by atoms with Crippen LogP contribution >= 0.6 is 0 Å². The maximum atomic E-state index is 12.3. The van der Waals surface area contributed by atoms with Crippen LogP contribution in [0.15, 0.2) is 24.3 Å². The van der Waals surface area contributed by atoms with Gasteiger partial charge in [-0.05, 0) is 25.0 Å². The molecule has 0 radical (unpaired) electrons. The highest BCUT2D eigenvalue weighted by Gasteiger charge is 2.21. The van der Waals surface area contributed by atoms with Crippen molar-refractivity contribution in [3.63, 3.8) is 0 Å². The number of ether oxygens (including phenoxy) is 2. The minimum absolute atomic E-state index is 0.0865. The average Bonchev–Trinajstić information content (AvgIpc) is 2.58. The van der Waals surface area contributed by atoms with Crippen LogP contribution in [0.3, 0.4) is 0 Å². The van der Waals surface area contributed by atoms with Gasteiger partial charge in [0.1, 0.15) is 0 Å². The van der Waals surface area contributed by atoms with E-state index in [-0.39, 0.29) is 17.9 Å². The molecule has 0 spiro atoms. The molecule has 138 valence electrons. The minimum Gasteiger partial charge on any atom is -0.382 e. The van der Waals surface area contributed by atoms with E-state index >= 15 is 0 Å². The first kappa shape index (κ1) is 19.4. The Kier molecular flexibility index (Phi) is 7.84. The van der Waals surface area contributed by atoms with Crippen LogP contribution in [-0.4, -0.2) is 62.8 Å². The highest BCUT2D eigenvalue weighted by atomic mass is 16.5. The molecule has 0 aromatic heterocycles. The molecular formula is C18H27N3O4. The van der Waals surface area contributed by atoms with Crippen LogP contribution in [0.25, 0.3) is 0 Å². The lowest BCUT2D eigenvalue weighted by Gasteiger charge is -2.31. The van der Waals surface area contributed by atoms with Gasteiger partial charge in [-0.15, -0.1) is 0 Å². The maximum Gasteiger partial charge on any atom is 0.238 e. The quantitative estimate of drug-likeness (QED) is 0.699. The Morgan fingerprint density at radius 2 is 1.76 bits per heavy atom. The van der Waals surface area contributed by atoms with Crippen molar-refractivity contribution in [2.45, 2.75) is 25.9 Å². The summed E-state index contributed by atoms with van der Waals surface area (Å²) in [5.41, 5.74) is 1.22. The first-order valence-electron chi connectivity index (χ1n) is 8.58. The van der Waals surface area contributed by atoms with Gasteiger partial charge in [0.25, 0.3) is 0 Å². The molecule has 1 aliphatic heterocycles. The standard InChI is InChI=1S/C18H27N3O4/c1-14(22)19-16-5-3-4-6-17(16)20-18(23)13-21-9-7-15(8-10-21)25-12-11-24-2/h3-6,15H,7-13H2,1-2H3,(H,19,22)(H,20,23). The van der Waals surface area contributed by atoms with Crippen molar-refractivity contribution in [2.24, 2.45) is 0 Å². The molecule has 1 aromatic rings. The molecule has 2 rings (SSSR count). The van der Waals surface area contributed by atoms with Crippen LogP contribution < -0.4 is 10.6 Å². The minimum atomic E-state index is -0.169. The van der Waals surface area contributed by atoms with E-state index in [0.717, 1.165) is 25.9 Å². The highest BCUT2D eigenvalue weighted by molar-refractivity contribution is 5.99. The first-order valence-corrected chi connectivity index (χ1v) is 8.58. The summed E-state index contributed by atoms with van der Waals surface area (Å²) in [7, 11) is 1.66. The molecule has 1 fully saturated rings. The molecule has 2 N–H and O–H groups in total. The lowest BCUT2D eigenvalue weighted by Crippen LogP contribution is -2.41. The second-order valence-electron chi connectivity index (χ2n) is 6.11. The van der Waals surface area contributed by atoms with Gasteiger partial charge in [0.05, 0.1) is 37.2 Å². The van der Waals surface area contributed by atoms with Gasteiger partial charge in [-0.3, -0.25) is 14.5 Å². The predicted octanol–water partition coefficient (Wildman–Crippen LogP) is 1.71. The summed E-state index contributed by atoms with van der Waals surface area (Å²) < 4.78 is 10.7. The number of nitrogens with one attached hydrogen (secondary N) is 2. The van der Waals surface area contributed by atoms with Gasteiger partial charge in [-0.2, -0.15) is 0 Å². The first-order chi connectivity index (χ1) is 12.1. The maximum absolute atomic E-state index is 12.3. The Bertz CT molecular complexity index is 571. The number of piperidine rings is 1. The van der Waals surface area contributed by atoms with E-state index in [2.05, 4.69) is 15.5 Å². The Morgan fingerprint density at radius 3 is 2.36 bits per heavy atom. The number of carbonyl (C=O) groups excluding carboxylic acids is 2. The van der Waals surface area contributed by atoms with Crippen LogP contribution in [0.5, 0.6) is 0 Å². The summed E-state index contributed by atoms with van der Waals surface area (Å²) in [6.45, 7) is 4.66. The lowest BCUT2D eigenvalue weighted by atomic mass is 10.1. The molecule has 0 saturated carbocycles.